The number of aromatic nitrogens is 2. The lowest BCUT2D eigenvalue weighted by molar-refractivity contribution is -0.116. The number of benzodiazepines with no additional fused rings is 1. The monoisotopic (exact) mass is 389 g/mol. The van der Waals surface area contributed by atoms with Crippen molar-refractivity contribution in [2.24, 2.45) is 4.99 Å². The summed E-state index contributed by atoms with van der Waals surface area (Å²) < 4.78 is 11.2. The molecule has 0 spiro atoms. The summed E-state index contributed by atoms with van der Waals surface area (Å²) >= 11 is 0. The van der Waals surface area contributed by atoms with Crippen molar-refractivity contribution >= 4 is 23.3 Å². The van der Waals surface area contributed by atoms with Gasteiger partial charge in [0.25, 0.3) is 5.91 Å². The molecule has 0 saturated carbocycles. The van der Waals surface area contributed by atoms with Gasteiger partial charge in [-0.1, -0.05) is 53.6 Å². The van der Waals surface area contributed by atoms with Crippen molar-refractivity contribution in [3.05, 3.63) is 71.6 Å². The molecule has 8 heteroatoms. The summed E-state index contributed by atoms with van der Waals surface area (Å²) in [6.45, 7) is 0.684. The average molecular weight is 389 g/mol. The summed E-state index contributed by atoms with van der Waals surface area (Å²) in [7, 11) is 0. The maximum absolute atomic E-state index is 12.8. The van der Waals surface area contributed by atoms with Gasteiger partial charge in [-0.3, -0.25) is 4.79 Å². The Hall–Kier alpha value is -3.52. The number of carbonyl (C=O) groups excluding carboxylic acids is 1. The number of fused-ring (bicyclic) bond motifs is 1. The molecule has 3 heterocycles. The average Bonchev–Trinajstić information content (AvgIpc) is 3.42. The Morgan fingerprint density at radius 1 is 1.03 bits per heavy atom. The number of nitrogens with one attached hydrogen (secondary N) is 2. The van der Waals surface area contributed by atoms with Gasteiger partial charge in [-0.2, -0.15) is 0 Å². The van der Waals surface area contributed by atoms with Crippen LogP contribution < -0.4 is 10.6 Å². The Kier molecular flexibility index (Phi) is 4.53. The second-order valence-corrected chi connectivity index (χ2v) is 6.87. The number of hydrogen-bond acceptors (Lipinski definition) is 7. The molecule has 0 aliphatic carbocycles. The van der Waals surface area contributed by atoms with Crippen LogP contribution in [0, 0.1) is 0 Å². The lowest BCUT2D eigenvalue weighted by Crippen LogP contribution is -2.32. The van der Waals surface area contributed by atoms with Crippen LogP contribution in [0.15, 0.2) is 64.0 Å². The van der Waals surface area contributed by atoms with E-state index in [1.165, 1.54) is 0 Å². The van der Waals surface area contributed by atoms with E-state index in [0.717, 1.165) is 24.0 Å². The van der Waals surface area contributed by atoms with Gasteiger partial charge in [0, 0.05) is 17.7 Å². The van der Waals surface area contributed by atoms with Crippen LogP contribution in [0.4, 0.5) is 11.7 Å². The first-order valence-corrected chi connectivity index (χ1v) is 9.53. The van der Waals surface area contributed by atoms with Crippen LogP contribution in [0.3, 0.4) is 0 Å². The van der Waals surface area contributed by atoms with Gasteiger partial charge in [0.1, 0.15) is 6.10 Å². The zero-order valence-corrected chi connectivity index (χ0v) is 15.5. The molecule has 1 saturated heterocycles. The molecule has 0 unspecified atom stereocenters. The molecule has 1 fully saturated rings. The van der Waals surface area contributed by atoms with Gasteiger partial charge in [-0.15, -0.1) is 5.10 Å². The minimum atomic E-state index is -0.921. The molecule has 0 bridgehead atoms. The number of nitrogens with zero attached hydrogens (tertiary/aromatic N) is 3. The van der Waals surface area contributed by atoms with E-state index in [1.807, 2.05) is 54.6 Å². The van der Waals surface area contributed by atoms with Gasteiger partial charge in [-0.25, -0.2) is 4.99 Å². The van der Waals surface area contributed by atoms with Gasteiger partial charge in [0.05, 0.1) is 11.4 Å². The Morgan fingerprint density at radius 2 is 1.86 bits per heavy atom. The van der Waals surface area contributed by atoms with Crippen LogP contribution in [0.25, 0.3) is 0 Å². The lowest BCUT2D eigenvalue weighted by Gasteiger charge is -2.11. The molecule has 2 N–H and O–H groups in total. The first kappa shape index (κ1) is 17.6. The Balaban J connectivity index is 1.49. The van der Waals surface area contributed by atoms with Crippen LogP contribution >= 0.6 is 0 Å². The normalized spacial score (nSPS) is 21.1. The molecule has 1 aromatic heterocycles. The van der Waals surface area contributed by atoms with E-state index in [9.17, 15) is 4.79 Å². The topological polar surface area (TPSA) is 102 Å². The van der Waals surface area contributed by atoms with Crippen molar-refractivity contribution in [2.75, 3.05) is 17.2 Å². The van der Waals surface area contributed by atoms with Crippen molar-refractivity contribution in [3.8, 4) is 0 Å². The fraction of sp³-hybridized carbons (Fsp3) is 0.238. The van der Waals surface area contributed by atoms with E-state index in [1.54, 1.807) is 0 Å². The number of carbonyl (C=O) groups is 1. The molecule has 1 amide bonds. The van der Waals surface area contributed by atoms with Gasteiger partial charge < -0.3 is 19.8 Å². The maximum Gasteiger partial charge on any atom is 0.317 e. The Labute approximate surface area is 167 Å². The molecular formula is C21H19N5O3. The number of anilines is 2. The molecular weight excluding hydrogens is 370 g/mol. The molecule has 5 rings (SSSR count). The lowest BCUT2D eigenvalue weighted by atomic mass is 10.0. The third kappa shape index (κ3) is 3.50. The Bertz CT molecular complexity index is 1060. The molecule has 8 nitrogen and oxygen atoms in total. The second kappa shape index (κ2) is 7.48. The zero-order valence-electron chi connectivity index (χ0n) is 15.5. The highest BCUT2D eigenvalue weighted by molar-refractivity contribution is 6.19. The maximum atomic E-state index is 12.8. The van der Waals surface area contributed by atoms with Crippen molar-refractivity contribution in [2.45, 2.75) is 25.1 Å². The fourth-order valence-electron chi connectivity index (χ4n) is 3.49. The van der Waals surface area contributed by atoms with Gasteiger partial charge in [-0.05, 0) is 18.9 Å². The smallest absolute Gasteiger partial charge is 0.317 e. The minimum Gasteiger partial charge on any atom is -0.405 e. The van der Waals surface area contributed by atoms with E-state index in [-0.39, 0.29) is 18.0 Å². The van der Waals surface area contributed by atoms with Gasteiger partial charge in [0.2, 0.25) is 12.1 Å². The third-order valence-corrected chi connectivity index (χ3v) is 4.90. The number of aliphatic imine (C=N–C) groups is 1. The van der Waals surface area contributed by atoms with Crippen LogP contribution in [0.2, 0.25) is 0 Å². The molecule has 2 atom stereocenters. The predicted molar refractivity (Wildman–Crippen MR) is 107 cm³/mol. The molecule has 2 aromatic carbocycles. The first-order chi connectivity index (χ1) is 14.3. The largest absolute Gasteiger partial charge is 0.405 e. The van der Waals surface area contributed by atoms with E-state index >= 15 is 0 Å². The molecule has 29 heavy (non-hydrogen) atoms. The SMILES string of the molecule is O=C1Nc2ccccc2C(c2ccccc2)=N[C@@H]1Nc1nnc([C@H]2CCCO2)o1. The minimum absolute atomic E-state index is 0.137. The zero-order chi connectivity index (χ0) is 19.6. The van der Waals surface area contributed by atoms with E-state index < -0.39 is 6.17 Å². The number of ether oxygens (including phenoxy) is 1. The summed E-state index contributed by atoms with van der Waals surface area (Å²) in [5.41, 5.74) is 3.17. The number of benzene rings is 2. The second-order valence-electron chi connectivity index (χ2n) is 6.87. The summed E-state index contributed by atoms with van der Waals surface area (Å²) in [5.74, 6) is 0.106. The summed E-state index contributed by atoms with van der Waals surface area (Å²) in [6, 6.07) is 17.5. The molecule has 3 aromatic rings. The summed E-state index contributed by atoms with van der Waals surface area (Å²) in [4.78, 5) is 17.5. The highest BCUT2D eigenvalue weighted by Gasteiger charge is 2.28. The van der Waals surface area contributed by atoms with Crippen LogP contribution in [-0.4, -0.2) is 34.6 Å². The highest BCUT2D eigenvalue weighted by Crippen LogP contribution is 2.29. The molecule has 2 aliphatic rings. The molecule has 2 aliphatic heterocycles. The fourth-order valence-corrected chi connectivity index (χ4v) is 3.49. The van der Waals surface area contributed by atoms with Crippen LogP contribution in [0.1, 0.15) is 36.0 Å². The standard InChI is InChI=1S/C21H19N5O3/c27-19-18(24-21-26-25-20(29-21)16-11-6-12-28-16)23-17(13-7-2-1-3-8-13)14-9-4-5-10-15(14)22-19/h1-5,7-10,16,18H,6,11-12H2,(H,22,27)(H,24,26)/t16-,18-/m1/s1. The van der Waals surface area contributed by atoms with E-state index in [4.69, 9.17) is 14.1 Å². The number of hydrogen-bond donors (Lipinski definition) is 2. The van der Waals surface area contributed by atoms with Crippen LogP contribution in [0.5, 0.6) is 0 Å². The first-order valence-electron chi connectivity index (χ1n) is 9.53. The number of para-hydroxylation sites is 1. The summed E-state index contributed by atoms with van der Waals surface area (Å²) in [6.07, 6.45) is 0.699. The molecule has 146 valence electrons. The number of rotatable bonds is 4. The quantitative estimate of drug-likeness (QED) is 0.711. The number of amides is 1. The van der Waals surface area contributed by atoms with Crippen LogP contribution in [-0.2, 0) is 9.53 Å². The Morgan fingerprint density at radius 3 is 2.69 bits per heavy atom. The van der Waals surface area contributed by atoms with Gasteiger partial charge >= 0.3 is 6.01 Å². The molecule has 0 radical (unpaired) electrons. The third-order valence-electron chi connectivity index (χ3n) is 4.90. The summed E-state index contributed by atoms with van der Waals surface area (Å²) in [5, 5.41) is 13.9. The van der Waals surface area contributed by atoms with Crippen molar-refractivity contribution < 1.29 is 13.9 Å². The van der Waals surface area contributed by atoms with Gasteiger partial charge in [0.15, 0.2) is 0 Å². The highest BCUT2D eigenvalue weighted by atomic mass is 16.5. The van der Waals surface area contributed by atoms with E-state index in [0.29, 0.717) is 23.9 Å². The van der Waals surface area contributed by atoms with Crippen molar-refractivity contribution in [1.29, 1.82) is 0 Å². The predicted octanol–water partition coefficient (Wildman–Crippen LogP) is 3.15. The van der Waals surface area contributed by atoms with Crippen molar-refractivity contribution in [3.63, 3.8) is 0 Å². The van der Waals surface area contributed by atoms with Crippen molar-refractivity contribution in [1.82, 2.24) is 10.2 Å². The van der Waals surface area contributed by atoms with E-state index in [2.05, 4.69) is 20.8 Å².